The number of thiol groups is 1. The van der Waals surface area contributed by atoms with E-state index in [0.717, 1.165) is 11.3 Å². The maximum atomic E-state index is 13.3. The first-order valence-corrected chi connectivity index (χ1v) is 15.1. The summed E-state index contributed by atoms with van der Waals surface area (Å²) in [6.45, 7) is 2.69. The average molecular weight is 547 g/mol. The summed E-state index contributed by atoms with van der Waals surface area (Å²) in [6.07, 6.45) is 2.04. The molecule has 1 aliphatic heterocycles. The zero-order valence-corrected chi connectivity index (χ0v) is 22.0. The van der Waals surface area contributed by atoms with Gasteiger partial charge in [-0.25, -0.2) is 13.2 Å². The van der Waals surface area contributed by atoms with Crippen LogP contribution in [0.4, 0.5) is 4.79 Å². The summed E-state index contributed by atoms with van der Waals surface area (Å²) in [5.74, 6) is 0. The molecule has 198 valence electrons. The molecule has 1 amide bonds. The molecule has 1 aromatic heterocycles. The van der Waals surface area contributed by atoms with Crippen LogP contribution in [0.15, 0.2) is 14.5 Å². The summed E-state index contributed by atoms with van der Waals surface area (Å²) in [5.41, 5.74) is 0.383. The molecule has 0 saturated carbocycles. The van der Waals surface area contributed by atoms with Crippen molar-refractivity contribution in [1.29, 1.82) is 0 Å². The van der Waals surface area contributed by atoms with Crippen molar-refractivity contribution in [2.24, 2.45) is 5.14 Å². The van der Waals surface area contributed by atoms with Crippen LogP contribution < -0.4 is 5.14 Å². The van der Waals surface area contributed by atoms with Gasteiger partial charge in [0.2, 0.25) is 0 Å². The minimum atomic E-state index is -3.86. The van der Waals surface area contributed by atoms with Gasteiger partial charge in [-0.1, -0.05) is 0 Å². The van der Waals surface area contributed by atoms with Crippen LogP contribution >= 0.6 is 11.3 Å². The highest BCUT2D eigenvalue weighted by Crippen LogP contribution is 2.43. The highest BCUT2D eigenvalue weighted by atomic mass is 32.3. The van der Waals surface area contributed by atoms with Gasteiger partial charge in [0.05, 0.1) is 28.9 Å². The van der Waals surface area contributed by atoms with Crippen LogP contribution in [0.3, 0.4) is 0 Å². The molecule has 0 saturated heterocycles. The third-order valence-corrected chi connectivity index (χ3v) is 10.8. The standard InChI is InChI=1S/C18H34N4O9S3/c1-4-21(18(23)30-10-5-6-11-31-22(24)25)15-13-20(8-7-9-29-2)34(27,28)17-14(15)12-16(32-17)33(3,19)26/h12,15,24-25,33H,4-11,13H2,1-3H3,(H2,19,26)/t15-/m0/s1. The Labute approximate surface area is 204 Å². The van der Waals surface area contributed by atoms with Crippen molar-refractivity contribution in [2.75, 3.05) is 52.8 Å². The second-order valence-electron chi connectivity index (χ2n) is 7.74. The van der Waals surface area contributed by atoms with Crippen LogP contribution in [-0.2, 0) is 34.5 Å². The van der Waals surface area contributed by atoms with E-state index in [4.69, 9.17) is 25.0 Å². The highest BCUT2D eigenvalue weighted by molar-refractivity contribution is 8.02. The van der Waals surface area contributed by atoms with Crippen LogP contribution in [0.5, 0.6) is 0 Å². The number of rotatable bonds is 13. The van der Waals surface area contributed by atoms with Gasteiger partial charge in [0.15, 0.2) is 0 Å². The molecule has 34 heavy (non-hydrogen) atoms. The molecule has 0 radical (unpaired) electrons. The summed E-state index contributed by atoms with van der Waals surface area (Å²) >= 11 is 0.878. The molecule has 13 nitrogen and oxygen atoms in total. The van der Waals surface area contributed by atoms with E-state index >= 15 is 0 Å². The van der Waals surface area contributed by atoms with Crippen molar-refractivity contribution in [3.8, 4) is 0 Å². The largest absolute Gasteiger partial charge is 0.449 e. The lowest BCUT2D eigenvalue weighted by Crippen LogP contribution is -2.47. The molecule has 2 rings (SSSR count). The van der Waals surface area contributed by atoms with Crippen molar-refractivity contribution in [3.05, 3.63) is 11.6 Å². The first kappa shape index (κ1) is 29.0. The number of ether oxygens (including phenoxy) is 2. The molecule has 0 unspecified atom stereocenters. The molecular formula is C18H34N4O9S3. The Bertz CT molecular complexity index is 964. The Hall–Kier alpha value is -1.21. The summed E-state index contributed by atoms with van der Waals surface area (Å²) < 4.78 is 51.0. The number of likely N-dealkylation sites (N-methyl/N-ethyl adjacent to an activating group) is 1. The Kier molecular flexibility index (Phi) is 10.8. The van der Waals surface area contributed by atoms with Crippen molar-refractivity contribution < 1.29 is 42.1 Å². The van der Waals surface area contributed by atoms with Crippen molar-refractivity contribution in [2.45, 2.75) is 40.6 Å². The summed E-state index contributed by atoms with van der Waals surface area (Å²) in [5, 5.41) is 22.4. The van der Waals surface area contributed by atoms with Gasteiger partial charge >= 0.3 is 6.09 Å². The highest BCUT2D eigenvalue weighted by Gasteiger charge is 2.42. The van der Waals surface area contributed by atoms with E-state index in [1.807, 2.05) is 0 Å². The molecule has 0 fully saturated rings. The van der Waals surface area contributed by atoms with Gasteiger partial charge < -0.3 is 14.4 Å². The van der Waals surface area contributed by atoms with Crippen molar-refractivity contribution in [1.82, 2.24) is 14.6 Å². The SMILES string of the molecule is CCN(C(=O)OCCCCON(O)O)[C@H]1CN(CCCOC)S(=O)(=O)c2sc([SH](C)(N)=O)cc21. The van der Waals surface area contributed by atoms with Crippen LogP contribution in [0, 0.1) is 0 Å². The van der Waals surface area contributed by atoms with Crippen molar-refractivity contribution in [3.63, 3.8) is 0 Å². The Morgan fingerprint density at radius 2 is 1.97 bits per heavy atom. The van der Waals surface area contributed by atoms with Crippen LogP contribution in [0.1, 0.15) is 37.8 Å². The molecule has 4 N–H and O–H groups in total. The first-order valence-electron chi connectivity index (χ1n) is 10.7. The number of unbranched alkanes of at least 4 members (excludes halogenated alkanes) is 1. The third-order valence-electron chi connectivity index (χ3n) is 5.14. The minimum absolute atomic E-state index is 0.0213. The van der Waals surface area contributed by atoms with E-state index in [1.165, 1.54) is 28.6 Å². The molecule has 16 heteroatoms. The number of carbonyl (C=O) groups excluding carboxylic acids is 1. The summed E-state index contributed by atoms with van der Waals surface area (Å²) in [7, 11) is -5.55. The number of sulfonamides is 1. The van der Waals surface area contributed by atoms with Gasteiger partial charge in [0.25, 0.3) is 10.0 Å². The number of methoxy groups -OCH3 is 1. The number of nitrogens with two attached hydrogens (primary N) is 1. The summed E-state index contributed by atoms with van der Waals surface area (Å²) in [6, 6.07) is 0.883. The maximum Gasteiger partial charge on any atom is 0.410 e. The number of nitrogens with zero attached hydrogens (tertiary/aromatic N) is 3. The lowest BCUT2D eigenvalue weighted by Gasteiger charge is -2.37. The minimum Gasteiger partial charge on any atom is -0.449 e. The van der Waals surface area contributed by atoms with Crippen molar-refractivity contribution >= 4 is 37.6 Å². The fourth-order valence-electron chi connectivity index (χ4n) is 3.47. The second-order valence-corrected chi connectivity index (χ2v) is 13.7. The van der Waals surface area contributed by atoms with E-state index in [-0.39, 0.29) is 46.7 Å². The number of hydrogen-bond donors (Lipinski definition) is 4. The molecule has 0 aliphatic carbocycles. The monoisotopic (exact) mass is 546 g/mol. The quantitative estimate of drug-likeness (QED) is 0.159. The van der Waals surface area contributed by atoms with E-state index in [2.05, 4.69) is 4.84 Å². The van der Waals surface area contributed by atoms with E-state index in [9.17, 15) is 17.4 Å². The average Bonchev–Trinajstić information content (AvgIpc) is 3.21. The zero-order chi connectivity index (χ0) is 25.5. The van der Waals surface area contributed by atoms with Gasteiger partial charge in [-0.2, -0.15) is 4.31 Å². The van der Waals surface area contributed by atoms with Crippen LogP contribution in [0.2, 0.25) is 0 Å². The molecule has 0 spiro atoms. The van der Waals surface area contributed by atoms with Gasteiger partial charge in [-0.3, -0.25) is 24.6 Å². The molecule has 1 aliphatic rings. The number of amides is 1. The van der Waals surface area contributed by atoms with Gasteiger partial charge in [-0.05, 0) is 42.4 Å². The Morgan fingerprint density at radius 3 is 2.56 bits per heavy atom. The second kappa shape index (κ2) is 12.7. The number of hydrogen-bond acceptors (Lipinski definition) is 11. The molecule has 1 atom stereocenters. The predicted molar refractivity (Wildman–Crippen MR) is 125 cm³/mol. The fraction of sp³-hybridized carbons (Fsp3) is 0.722. The smallest absolute Gasteiger partial charge is 0.410 e. The Morgan fingerprint density at radius 1 is 1.29 bits per heavy atom. The lowest BCUT2D eigenvalue weighted by molar-refractivity contribution is -0.492. The van der Waals surface area contributed by atoms with E-state index in [0.29, 0.717) is 31.4 Å². The Balaban J connectivity index is 2.25. The third kappa shape index (κ3) is 7.39. The molecule has 2 heterocycles. The topological polar surface area (TPSA) is 172 Å². The number of fused-ring (bicyclic) bond motifs is 1. The molecule has 0 bridgehead atoms. The lowest BCUT2D eigenvalue weighted by atomic mass is 10.1. The maximum absolute atomic E-state index is 13.3. The van der Waals surface area contributed by atoms with Crippen LogP contribution in [-0.4, -0.2) is 96.5 Å². The normalized spacial score (nSPS) is 18.6. The van der Waals surface area contributed by atoms with E-state index < -0.39 is 32.3 Å². The van der Waals surface area contributed by atoms with Gasteiger partial charge in [0.1, 0.15) is 4.21 Å². The summed E-state index contributed by atoms with van der Waals surface area (Å²) in [4.78, 5) is 18.8. The predicted octanol–water partition coefficient (Wildman–Crippen LogP) is 0.960. The van der Waals surface area contributed by atoms with Gasteiger partial charge in [-0.15, -0.1) is 11.3 Å². The first-order chi connectivity index (χ1) is 15.9. The number of thiophene rings is 1. The molecule has 1 aromatic rings. The van der Waals surface area contributed by atoms with Crippen LogP contribution in [0.25, 0.3) is 0 Å². The van der Waals surface area contributed by atoms with Gasteiger partial charge in [0, 0.05) is 45.2 Å². The zero-order valence-electron chi connectivity index (χ0n) is 19.5. The fourth-order valence-corrected chi connectivity index (χ4v) is 8.18. The number of carbonyl (C=O) groups is 1. The molecule has 0 aromatic carbocycles. The van der Waals surface area contributed by atoms with E-state index in [1.54, 1.807) is 6.92 Å². The molecular weight excluding hydrogens is 512 g/mol.